The van der Waals surface area contributed by atoms with Crippen molar-refractivity contribution in [3.8, 4) is 11.3 Å². The molecule has 132 valence electrons. The van der Waals surface area contributed by atoms with Gasteiger partial charge in [-0.2, -0.15) is 5.10 Å². The lowest BCUT2D eigenvalue weighted by Gasteiger charge is -2.17. The van der Waals surface area contributed by atoms with Gasteiger partial charge in [0, 0.05) is 37.9 Å². The number of aryl methyl sites for hydroxylation is 1. The summed E-state index contributed by atoms with van der Waals surface area (Å²) in [6, 6.07) is 17.7. The van der Waals surface area contributed by atoms with Gasteiger partial charge in [-0.1, -0.05) is 36.4 Å². The summed E-state index contributed by atoms with van der Waals surface area (Å²) in [5.74, 6) is 0.867. The summed E-state index contributed by atoms with van der Waals surface area (Å²) in [6.45, 7) is 1.66. The zero-order valence-corrected chi connectivity index (χ0v) is 14.7. The van der Waals surface area contributed by atoms with Gasteiger partial charge in [0.05, 0.1) is 5.69 Å². The molecule has 6 heteroatoms. The Bertz CT molecular complexity index is 891. The summed E-state index contributed by atoms with van der Waals surface area (Å²) in [5.41, 5.74) is 2.38. The lowest BCUT2D eigenvalue weighted by atomic mass is 10.1. The molecule has 0 radical (unpaired) electrons. The van der Waals surface area contributed by atoms with Gasteiger partial charge in [-0.3, -0.25) is 9.48 Å². The summed E-state index contributed by atoms with van der Waals surface area (Å²) in [6.07, 6.45) is 2.70. The predicted octanol–water partition coefficient (Wildman–Crippen LogP) is 2.49. The first-order valence-electron chi connectivity index (χ1n) is 8.77. The molecule has 1 atom stereocenters. The van der Waals surface area contributed by atoms with E-state index < -0.39 is 0 Å². The van der Waals surface area contributed by atoms with Crippen molar-refractivity contribution in [1.82, 2.24) is 20.1 Å². The molecule has 1 aromatic carbocycles. The van der Waals surface area contributed by atoms with Crippen LogP contribution in [-0.2, 0) is 7.05 Å². The van der Waals surface area contributed by atoms with Gasteiger partial charge in [0.15, 0.2) is 0 Å². The van der Waals surface area contributed by atoms with Gasteiger partial charge < -0.3 is 10.2 Å². The van der Waals surface area contributed by atoms with E-state index in [1.807, 2.05) is 54.6 Å². The number of anilines is 1. The standard InChI is InChI=1S/C20H21N5O/c1-24-18(13-17(23-24)15-7-3-2-4-8-15)20(26)22-16-10-12-25(14-16)19-9-5-6-11-21-19/h2-9,11,13,16H,10,12,14H2,1H3,(H,22,26)/t16-/m1/s1. The van der Waals surface area contributed by atoms with Crippen molar-refractivity contribution < 1.29 is 4.79 Å². The molecule has 1 amide bonds. The number of benzene rings is 1. The molecule has 0 unspecified atom stereocenters. The van der Waals surface area contributed by atoms with Crippen molar-refractivity contribution in [2.75, 3.05) is 18.0 Å². The van der Waals surface area contributed by atoms with Gasteiger partial charge in [-0.05, 0) is 24.6 Å². The Kier molecular flexibility index (Phi) is 4.39. The molecule has 6 nitrogen and oxygen atoms in total. The maximum absolute atomic E-state index is 12.7. The van der Waals surface area contributed by atoms with Crippen LogP contribution >= 0.6 is 0 Å². The van der Waals surface area contributed by atoms with Gasteiger partial charge in [-0.25, -0.2) is 4.98 Å². The number of nitrogens with one attached hydrogen (secondary N) is 1. The summed E-state index contributed by atoms with van der Waals surface area (Å²) in [5, 5.41) is 7.61. The minimum absolute atomic E-state index is 0.0879. The third-order valence-corrected chi connectivity index (χ3v) is 4.68. The molecule has 3 aromatic rings. The van der Waals surface area contributed by atoms with Crippen molar-refractivity contribution in [2.45, 2.75) is 12.5 Å². The molecule has 2 aromatic heterocycles. The van der Waals surface area contributed by atoms with E-state index in [1.165, 1.54) is 0 Å². The van der Waals surface area contributed by atoms with Crippen LogP contribution < -0.4 is 10.2 Å². The number of hydrogen-bond acceptors (Lipinski definition) is 4. The molecular weight excluding hydrogens is 326 g/mol. The molecule has 3 heterocycles. The molecule has 1 saturated heterocycles. The monoisotopic (exact) mass is 347 g/mol. The van der Waals surface area contributed by atoms with E-state index in [0.717, 1.165) is 36.6 Å². The molecule has 0 spiro atoms. The largest absolute Gasteiger partial charge is 0.354 e. The van der Waals surface area contributed by atoms with Crippen molar-refractivity contribution in [1.29, 1.82) is 0 Å². The Hall–Kier alpha value is -3.15. The Morgan fingerprint density at radius 2 is 1.96 bits per heavy atom. The Morgan fingerprint density at radius 1 is 1.15 bits per heavy atom. The zero-order chi connectivity index (χ0) is 17.9. The first-order chi connectivity index (χ1) is 12.7. The van der Waals surface area contributed by atoms with Gasteiger partial charge >= 0.3 is 0 Å². The van der Waals surface area contributed by atoms with Gasteiger partial charge in [-0.15, -0.1) is 0 Å². The van der Waals surface area contributed by atoms with E-state index in [1.54, 1.807) is 17.9 Å². The van der Waals surface area contributed by atoms with Crippen LogP contribution in [0.25, 0.3) is 11.3 Å². The van der Waals surface area contributed by atoms with E-state index in [4.69, 9.17) is 0 Å². The molecule has 4 rings (SSSR count). The molecule has 1 fully saturated rings. The fourth-order valence-electron chi connectivity index (χ4n) is 3.32. The number of pyridine rings is 1. The number of carbonyl (C=O) groups is 1. The maximum Gasteiger partial charge on any atom is 0.269 e. The maximum atomic E-state index is 12.7. The van der Waals surface area contributed by atoms with Crippen LogP contribution in [0, 0.1) is 0 Å². The van der Waals surface area contributed by atoms with Crippen molar-refractivity contribution in [3.63, 3.8) is 0 Å². The summed E-state index contributed by atoms with van der Waals surface area (Å²) in [7, 11) is 1.80. The number of hydrogen-bond donors (Lipinski definition) is 1. The second kappa shape index (κ2) is 7.00. The minimum Gasteiger partial charge on any atom is -0.354 e. The van der Waals surface area contributed by atoms with Crippen LogP contribution in [0.4, 0.5) is 5.82 Å². The van der Waals surface area contributed by atoms with Crippen LogP contribution in [0.1, 0.15) is 16.9 Å². The SMILES string of the molecule is Cn1nc(-c2ccccc2)cc1C(=O)N[C@@H]1CCN(c2ccccn2)C1. The average molecular weight is 347 g/mol. The van der Waals surface area contributed by atoms with Gasteiger partial charge in [0.2, 0.25) is 0 Å². The number of aromatic nitrogens is 3. The van der Waals surface area contributed by atoms with E-state index in [0.29, 0.717) is 5.69 Å². The van der Waals surface area contributed by atoms with Crippen LogP contribution in [0.2, 0.25) is 0 Å². The minimum atomic E-state index is -0.0879. The van der Waals surface area contributed by atoms with Crippen molar-refractivity contribution in [3.05, 3.63) is 66.5 Å². The predicted molar refractivity (Wildman–Crippen MR) is 101 cm³/mol. The highest BCUT2D eigenvalue weighted by Crippen LogP contribution is 2.20. The van der Waals surface area contributed by atoms with E-state index in [2.05, 4.69) is 20.3 Å². The summed E-state index contributed by atoms with van der Waals surface area (Å²) in [4.78, 5) is 19.3. The summed E-state index contributed by atoms with van der Waals surface area (Å²) >= 11 is 0. The van der Waals surface area contributed by atoms with E-state index >= 15 is 0 Å². The smallest absolute Gasteiger partial charge is 0.269 e. The van der Waals surface area contributed by atoms with Crippen LogP contribution in [0.5, 0.6) is 0 Å². The molecule has 0 bridgehead atoms. The van der Waals surface area contributed by atoms with Crippen molar-refractivity contribution >= 4 is 11.7 Å². The molecular formula is C20H21N5O. The van der Waals surface area contributed by atoms with E-state index in [-0.39, 0.29) is 11.9 Å². The number of amides is 1. The Balaban J connectivity index is 1.44. The third-order valence-electron chi connectivity index (χ3n) is 4.68. The van der Waals surface area contributed by atoms with Crippen LogP contribution in [-0.4, -0.2) is 39.8 Å². The lowest BCUT2D eigenvalue weighted by Crippen LogP contribution is -2.38. The third kappa shape index (κ3) is 3.31. The van der Waals surface area contributed by atoms with Crippen LogP contribution in [0.15, 0.2) is 60.8 Å². The summed E-state index contributed by atoms with van der Waals surface area (Å²) < 4.78 is 1.64. The second-order valence-electron chi connectivity index (χ2n) is 6.50. The lowest BCUT2D eigenvalue weighted by molar-refractivity contribution is 0.0931. The van der Waals surface area contributed by atoms with Crippen molar-refractivity contribution in [2.24, 2.45) is 7.05 Å². The highest BCUT2D eigenvalue weighted by atomic mass is 16.2. The van der Waals surface area contributed by atoms with Crippen LogP contribution in [0.3, 0.4) is 0 Å². The Labute approximate surface area is 152 Å². The van der Waals surface area contributed by atoms with Gasteiger partial charge in [0.25, 0.3) is 5.91 Å². The topological polar surface area (TPSA) is 63.1 Å². The number of nitrogens with zero attached hydrogens (tertiary/aromatic N) is 4. The number of rotatable bonds is 4. The van der Waals surface area contributed by atoms with Gasteiger partial charge in [0.1, 0.15) is 11.5 Å². The quantitative estimate of drug-likeness (QED) is 0.788. The highest BCUT2D eigenvalue weighted by Gasteiger charge is 2.26. The molecule has 0 saturated carbocycles. The number of carbonyl (C=O) groups excluding carboxylic acids is 1. The molecule has 1 aliphatic heterocycles. The Morgan fingerprint density at radius 3 is 2.73 bits per heavy atom. The normalized spacial score (nSPS) is 16.7. The van der Waals surface area contributed by atoms with E-state index in [9.17, 15) is 4.79 Å². The second-order valence-corrected chi connectivity index (χ2v) is 6.50. The molecule has 0 aliphatic carbocycles. The average Bonchev–Trinajstić information content (AvgIpc) is 3.30. The highest BCUT2D eigenvalue weighted by molar-refractivity contribution is 5.94. The molecule has 26 heavy (non-hydrogen) atoms. The molecule has 1 aliphatic rings. The molecule has 1 N–H and O–H groups in total. The fraction of sp³-hybridized carbons (Fsp3) is 0.250. The zero-order valence-electron chi connectivity index (χ0n) is 14.7. The first kappa shape index (κ1) is 16.3. The first-order valence-corrected chi connectivity index (χ1v) is 8.77. The fourth-order valence-corrected chi connectivity index (χ4v) is 3.32.